The highest BCUT2D eigenvalue weighted by atomic mass is 35.5. The van der Waals surface area contributed by atoms with Gasteiger partial charge in [0.25, 0.3) is 0 Å². The molecule has 0 bridgehead atoms. The SMILES string of the molecule is O=C(O)c1cccc(CS(=O)(=O)c2cc(Cl)ccc2Cl)n1. The van der Waals surface area contributed by atoms with Crippen LogP contribution in [-0.2, 0) is 15.6 Å². The van der Waals surface area contributed by atoms with Gasteiger partial charge in [-0.2, -0.15) is 0 Å². The molecule has 0 spiro atoms. The first kappa shape index (κ1) is 15.8. The summed E-state index contributed by atoms with van der Waals surface area (Å²) < 4.78 is 24.7. The third kappa shape index (κ3) is 3.72. The number of aromatic carboxylic acids is 1. The number of carbonyl (C=O) groups is 1. The maximum absolute atomic E-state index is 12.3. The molecule has 0 aliphatic heterocycles. The highest BCUT2D eigenvalue weighted by molar-refractivity contribution is 7.90. The van der Waals surface area contributed by atoms with Crippen LogP contribution in [0, 0.1) is 0 Å². The lowest BCUT2D eigenvalue weighted by molar-refractivity contribution is 0.0690. The van der Waals surface area contributed by atoms with Gasteiger partial charge >= 0.3 is 5.97 Å². The van der Waals surface area contributed by atoms with Crippen LogP contribution in [0.3, 0.4) is 0 Å². The van der Waals surface area contributed by atoms with Crippen LogP contribution >= 0.6 is 23.2 Å². The first-order valence-corrected chi connectivity index (χ1v) is 8.07. The molecule has 0 saturated heterocycles. The molecule has 0 atom stereocenters. The number of rotatable bonds is 4. The fraction of sp³-hybridized carbons (Fsp3) is 0.0769. The highest BCUT2D eigenvalue weighted by Crippen LogP contribution is 2.27. The molecule has 0 saturated carbocycles. The smallest absolute Gasteiger partial charge is 0.354 e. The molecule has 8 heteroatoms. The van der Waals surface area contributed by atoms with Crippen molar-refractivity contribution in [3.63, 3.8) is 0 Å². The Morgan fingerprint density at radius 1 is 1.19 bits per heavy atom. The van der Waals surface area contributed by atoms with Gasteiger partial charge in [-0.05, 0) is 30.3 Å². The average Bonchev–Trinajstić information content (AvgIpc) is 2.41. The van der Waals surface area contributed by atoms with Crippen molar-refractivity contribution >= 4 is 39.0 Å². The molecular weight excluding hydrogens is 337 g/mol. The van der Waals surface area contributed by atoms with Crippen LogP contribution in [0.15, 0.2) is 41.3 Å². The van der Waals surface area contributed by atoms with Crippen LogP contribution in [0.5, 0.6) is 0 Å². The lowest BCUT2D eigenvalue weighted by atomic mass is 10.3. The molecule has 2 rings (SSSR count). The van der Waals surface area contributed by atoms with Crippen molar-refractivity contribution in [2.45, 2.75) is 10.6 Å². The molecule has 110 valence electrons. The Hall–Kier alpha value is -1.63. The first-order chi connectivity index (χ1) is 9.79. The molecule has 0 fully saturated rings. The van der Waals surface area contributed by atoms with Gasteiger partial charge in [0.1, 0.15) is 5.69 Å². The van der Waals surface area contributed by atoms with Gasteiger partial charge in [0.05, 0.1) is 21.4 Å². The predicted molar refractivity (Wildman–Crippen MR) is 78.5 cm³/mol. The second-order valence-electron chi connectivity index (χ2n) is 4.15. The molecule has 0 amide bonds. The minimum absolute atomic E-state index is 0.0498. The quantitative estimate of drug-likeness (QED) is 0.920. The summed E-state index contributed by atoms with van der Waals surface area (Å²) in [5, 5.41) is 9.15. The Labute approximate surface area is 131 Å². The van der Waals surface area contributed by atoms with Gasteiger partial charge in [-0.25, -0.2) is 18.2 Å². The fourth-order valence-electron chi connectivity index (χ4n) is 1.67. The minimum atomic E-state index is -3.78. The van der Waals surface area contributed by atoms with E-state index >= 15 is 0 Å². The molecule has 1 heterocycles. The van der Waals surface area contributed by atoms with Crippen molar-refractivity contribution in [3.05, 3.63) is 57.8 Å². The molecule has 21 heavy (non-hydrogen) atoms. The number of hydrogen-bond donors (Lipinski definition) is 1. The number of carboxylic acid groups (broad SMARTS) is 1. The molecule has 1 aromatic heterocycles. The monoisotopic (exact) mass is 345 g/mol. The second kappa shape index (κ2) is 6.01. The number of nitrogens with zero attached hydrogens (tertiary/aromatic N) is 1. The molecule has 0 unspecified atom stereocenters. The normalized spacial score (nSPS) is 11.3. The van der Waals surface area contributed by atoms with Gasteiger partial charge in [-0.1, -0.05) is 29.3 Å². The van der Waals surface area contributed by atoms with E-state index in [0.717, 1.165) is 0 Å². The summed E-state index contributed by atoms with van der Waals surface area (Å²) in [5.74, 6) is -1.69. The van der Waals surface area contributed by atoms with E-state index in [-0.39, 0.29) is 26.3 Å². The lowest BCUT2D eigenvalue weighted by Gasteiger charge is -2.07. The zero-order chi connectivity index (χ0) is 15.6. The molecule has 0 aliphatic carbocycles. The topological polar surface area (TPSA) is 84.3 Å². The molecular formula is C13H9Cl2NO4S. The fourth-order valence-corrected chi connectivity index (χ4v) is 3.75. The third-order valence-electron chi connectivity index (χ3n) is 2.59. The van der Waals surface area contributed by atoms with E-state index in [2.05, 4.69) is 4.98 Å². The second-order valence-corrected chi connectivity index (χ2v) is 6.95. The van der Waals surface area contributed by atoms with Crippen LogP contribution in [0.4, 0.5) is 0 Å². The number of aromatic nitrogens is 1. The summed E-state index contributed by atoms with van der Waals surface area (Å²) in [6, 6.07) is 8.26. The van der Waals surface area contributed by atoms with Gasteiger partial charge in [0.15, 0.2) is 9.84 Å². The molecule has 1 N–H and O–H groups in total. The largest absolute Gasteiger partial charge is 0.477 e. The van der Waals surface area contributed by atoms with Crippen molar-refractivity contribution < 1.29 is 18.3 Å². The Morgan fingerprint density at radius 2 is 1.90 bits per heavy atom. The standard InChI is InChI=1S/C13H9Cl2NO4S/c14-8-4-5-10(15)12(6-8)21(19,20)7-9-2-1-3-11(16-9)13(17)18/h1-6H,7H2,(H,17,18). The van der Waals surface area contributed by atoms with E-state index in [1.807, 2.05) is 0 Å². The van der Waals surface area contributed by atoms with Crippen LogP contribution in [0.25, 0.3) is 0 Å². The van der Waals surface area contributed by atoms with Gasteiger partial charge in [-0.3, -0.25) is 0 Å². The Bertz CT molecular complexity index is 806. The zero-order valence-corrected chi connectivity index (χ0v) is 12.8. The van der Waals surface area contributed by atoms with E-state index in [9.17, 15) is 13.2 Å². The number of benzene rings is 1. The summed E-state index contributed by atoms with van der Waals surface area (Å²) >= 11 is 11.7. The number of carboxylic acids is 1. The Balaban J connectivity index is 2.40. The van der Waals surface area contributed by atoms with E-state index in [1.165, 1.54) is 36.4 Å². The third-order valence-corrected chi connectivity index (χ3v) is 4.95. The van der Waals surface area contributed by atoms with Gasteiger partial charge in [-0.15, -0.1) is 0 Å². The van der Waals surface area contributed by atoms with E-state index in [1.54, 1.807) is 0 Å². The predicted octanol–water partition coefficient (Wildman–Crippen LogP) is 3.06. The number of hydrogen-bond acceptors (Lipinski definition) is 4. The van der Waals surface area contributed by atoms with Gasteiger partial charge in [0, 0.05) is 5.02 Å². The maximum atomic E-state index is 12.3. The summed E-state index contributed by atoms with van der Waals surface area (Å²) in [4.78, 5) is 14.5. The van der Waals surface area contributed by atoms with Gasteiger partial charge in [0.2, 0.25) is 0 Å². The Kier molecular flexibility index (Phi) is 4.51. The Morgan fingerprint density at radius 3 is 2.57 bits per heavy atom. The summed E-state index contributed by atoms with van der Waals surface area (Å²) in [7, 11) is -3.78. The average molecular weight is 346 g/mol. The van der Waals surface area contributed by atoms with Crippen molar-refractivity contribution in [1.29, 1.82) is 0 Å². The van der Waals surface area contributed by atoms with Crippen molar-refractivity contribution in [1.82, 2.24) is 4.98 Å². The van der Waals surface area contributed by atoms with Crippen molar-refractivity contribution in [2.75, 3.05) is 0 Å². The summed E-state index contributed by atoms with van der Waals surface area (Å²) in [5.41, 5.74) is -0.106. The number of pyridine rings is 1. The minimum Gasteiger partial charge on any atom is -0.477 e. The van der Waals surface area contributed by atoms with Crippen LogP contribution < -0.4 is 0 Å². The first-order valence-electron chi connectivity index (χ1n) is 5.66. The zero-order valence-electron chi connectivity index (χ0n) is 10.5. The molecule has 5 nitrogen and oxygen atoms in total. The van der Waals surface area contributed by atoms with E-state index < -0.39 is 21.6 Å². The number of halogens is 2. The van der Waals surface area contributed by atoms with E-state index in [4.69, 9.17) is 28.3 Å². The van der Waals surface area contributed by atoms with Crippen LogP contribution in [0.2, 0.25) is 10.0 Å². The molecule has 0 radical (unpaired) electrons. The summed E-state index contributed by atoms with van der Waals surface area (Å²) in [6.07, 6.45) is 0. The summed E-state index contributed by atoms with van der Waals surface area (Å²) in [6.45, 7) is 0. The van der Waals surface area contributed by atoms with Gasteiger partial charge < -0.3 is 5.11 Å². The highest BCUT2D eigenvalue weighted by Gasteiger charge is 2.20. The molecule has 2 aromatic rings. The maximum Gasteiger partial charge on any atom is 0.354 e. The number of sulfone groups is 1. The van der Waals surface area contributed by atoms with E-state index in [0.29, 0.717) is 0 Å². The molecule has 1 aromatic carbocycles. The lowest BCUT2D eigenvalue weighted by Crippen LogP contribution is -2.09. The van der Waals surface area contributed by atoms with Crippen LogP contribution in [-0.4, -0.2) is 24.5 Å². The van der Waals surface area contributed by atoms with Crippen LogP contribution in [0.1, 0.15) is 16.2 Å². The molecule has 0 aliphatic rings. The van der Waals surface area contributed by atoms with Crippen molar-refractivity contribution in [2.24, 2.45) is 0 Å². The van der Waals surface area contributed by atoms with Crippen molar-refractivity contribution in [3.8, 4) is 0 Å².